The molecule has 2 rings (SSSR count). The van der Waals surface area contributed by atoms with E-state index in [0.717, 1.165) is 6.42 Å². The molecule has 2 aliphatic rings. The van der Waals surface area contributed by atoms with Crippen LogP contribution in [0.5, 0.6) is 0 Å². The fourth-order valence-corrected chi connectivity index (χ4v) is 3.47. The molecule has 0 aromatic rings. The van der Waals surface area contributed by atoms with Gasteiger partial charge in [0.2, 0.25) is 0 Å². The summed E-state index contributed by atoms with van der Waals surface area (Å²) in [7, 11) is 1.65. The van der Waals surface area contributed by atoms with E-state index in [4.69, 9.17) is 4.84 Å². The number of hydrogen-bond donors (Lipinski definition) is 0. The van der Waals surface area contributed by atoms with E-state index < -0.39 is 0 Å². The zero-order valence-electron chi connectivity index (χ0n) is 12.1. The summed E-state index contributed by atoms with van der Waals surface area (Å²) in [5.74, 6) is 1.89. The van der Waals surface area contributed by atoms with Gasteiger partial charge in [0.1, 0.15) is 7.11 Å². The lowest BCUT2D eigenvalue weighted by atomic mass is 9.87. The maximum atomic E-state index is 5.02. The van der Waals surface area contributed by atoms with Crippen LogP contribution in [0.4, 0.5) is 0 Å². The van der Waals surface area contributed by atoms with Crippen LogP contribution < -0.4 is 0 Å². The van der Waals surface area contributed by atoms with E-state index >= 15 is 0 Å². The van der Waals surface area contributed by atoms with Gasteiger partial charge in [-0.3, -0.25) is 0 Å². The summed E-state index contributed by atoms with van der Waals surface area (Å²) < 4.78 is 0. The average Bonchev–Trinajstić information content (AvgIpc) is 2.50. The van der Waals surface area contributed by atoms with Gasteiger partial charge in [0.15, 0.2) is 0 Å². The van der Waals surface area contributed by atoms with Crippen LogP contribution in [-0.2, 0) is 4.84 Å². The van der Waals surface area contributed by atoms with Gasteiger partial charge in [0.05, 0.1) is 5.71 Å². The van der Waals surface area contributed by atoms with E-state index in [0.29, 0.717) is 17.8 Å². The van der Waals surface area contributed by atoms with Gasteiger partial charge in [-0.2, -0.15) is 0 Å². The summed E-state index contributed by atoms with van der Waals surface area (Å²) in [5, 5.41) is 4.26. The maximum Gasteiger partial charge on any atom is 0.106 e. The third-order valence-corrected chi connectivity index (χ3v) is 4.56. The van der Waals surface area contributed by atoms with Crippen molar-refractivity contribution in [3.05, 3.63) is 23.3 Å². The van der Waals surface area contributed by atoms with Gasteiger partial charge < -0.3 is 4.84 Å². The molecular formula is C16H25NO. The maximum absolute atomic E-state index is 5.02. The standard InChI is InChI=1S/C16H25NO/c1-10(2)13-7-6-11(3)16-14(9-13)12(4)8-15(16)17-18-5/h11-13H,1,6-9H2,2-5H3/t11-,12-,13+/m0/s1. The molecular weight excluding hydrogens is 222 g/mol. The minimum absolute atomic E-state index is 0.614. The highest BCUT2D eigenvalue weighted by Crippen LogP contribution is 2.44. The van der Waals surface area contributed by atoms with Crippen LogP contribution in [0.1, 0.15) is 46.5 Å². The van der Waals surface area contributed by atoms with Gasteiger partial charge in [-0.15, -0.1) is 0 Å². The topological polar surface area (TPSA) is 21.6 Å². The van der Waals surface area contributed by atoms with Crippen molar-refractivity contribution in [2.45, 2.75) is 46.5 Å². The Kier molecular flexibility index (Phi) is 3.94. The molecule has 2 aliphatic carbocycles. The van der Waals surface area contributed by atoms with Crippen LogP contribution in [-0.4, -0.2) is 12.8 Å². The van der Waals surface area contributed by atoms with Crippen molar-refractivity contribution in [1.29, 1.82) is 0 Å². The summed E-state index contributed by atoms with van der Waals surface area (Å²) in [4.78, 5) is 5.02. The lowest BCUT2D eigenvalue weighted by Gasteiger charge is -2.17. The first-order valence-electron chi connectivity index (χ1n) is 7.03. The van der Waals surface area contributed by atoms with Crippen LogP contribution in [0.3, 0.4) is 0 Å². The van der Waals surface area contributed by atoms with E-state index in [-0.39, 0.29) is 0 Å². The van der Waals surface area contributed by atoms with E-state index in [1.54, 1.807) is 12.7 Å². The van der Waals surface area contributed by atoms with Crippen LogP contribution in [0.2, 0.25) is 0 Å². The van der Waals surface area contributed by atoms with Crippen molar-refractivity contribution in [2.75, 3.05) is 7.11 Å². The third kappa shape index (κ3) is 2.38. The lowest BCUT2D eigenvalue weighted by molar-refractivity contribution is 0.212. The van der Waals surface area contributed by atoms with Crippen molar-refractivity contribution in [3.63, 3.8) is 0 Å². The van der Waals surface area contributed by atoms with Gasteiger partial charge in [0.25, 0.3) is 0 Å². The Morgan fingerprint density at radius 3 is 2.56 bits per heavy atom. The first-order valence-corrected chi connectivity index (χ1v) is 7.03. The molecule has 100 valence electrons. The second-order valence-electron chi connectivity index (χ2n) is 5.99. The highest BCUT2D eigenvalue weighted by atomic mass is 16.6. The Morgan fingerprint density at radius 2 is 1.94 bits per heavy atom. The molecule has 0 spiro atoms. The molecule has 0 bridgehead atoms. The Morgan fingerprint density at radius 1 is 1.22 bits per heavy atom. The fourth-order valence-electron chi connectivity index (χ4n) is 3.47. The molecule has 0 unspecified atom stereocenters. The molecule has 0 aromatic heterocycles. The van der Waals surface area contributed by atoms with E-state index in [1.807, 2.05) is 0 Å². The zero-order chi connectivity index (χ0) is 13.3. The molecule has 0 aromatic carbocycles. The Balaban J connectivity index is 2.36. The first kappa shape index (κ1) is 13.4. The molecule has 18 heavy (non-hydrogen) atoms. The lowest BCUT2D eigenvalue weighted by Crippen LogP contribution is -2.08. The average molecular weight is 247 g/mol. The minimum atomic E-state index is 0.614. The highest BCUT2D eigenvalue weighted by Gasteiger charge is 2.34. The van der Waals surface area contributed by atoms with E-state index in [2.05, 4.69) is 32.5 Å². The van der Waals surface area contributed by atoms with Gasteiger partial charge in [0, 0.05) is 0 Å². The second kappa shape index (κ2) is 5.29. The molecule has 0 N–H and O–H groups in total. The molecule has 0 amide bonds. The molecule has 0 fully saturated rings. The summed E-state index contributed by atoms with van der Waals surface area (Å²) >= 11 is 0. The Hall–Kier alpha value is -1.05. The number of hydrogen-bond acceptors (Lipinski definition) is 2. The smallest absolute Gasteiger partial charge is 0.106 e. The SMILES string of the molecule is C=C(C)[C@@H]1CC[C@H](C)C2=C(C1)[C@@H](C)CC2=NOC. The zero-order valence-corrected chi connectivity index (χ0v) is 12.1. The van der Waals surface area contributed by atoms with E-state index in [9.17, 15) is 0 Å². The van der Waals surface area contributed by atoms with Crippen LogP contribution >= 0.6 is 0 Å². The van der Waals surface area contributed by atoms with Gasteiger partial charge in [-0.05, 0) is 55.9 Å². The second-order valence-corrected chi connectivity index (χ2v) is 5.99. The summed E-state index contributed by atoms with van der Waals surface area (Å²) in [5.41, 5.74) is 5.63. The molecule has 2 heteroatoms. The Labute approximate surface area is 111 Å². The number of nitrogens with zero attached hydrogens (tertiary/aromatic N) is 1. The van der Waals surface area contributed by atoms with E-state index in [1.165, 1.54) is 36.1 Å². The first-order chi connectivity index (χ1) is 8.54. The molecule has 0 saturated carbocycles. The predicted molar refractivity (Wildman–Crippen MR) is 76.6 cm³/mol. The van der Waals surface area contributed by atoms with Gasteiger partial charge in [-0.1, -0.05) is 36.7 Å². The molecule has 0 saturated heterocycles. The number of rotatable bonds is 2. The Bertz CT molecular complexity index is 405. The van der Waals surface area contributed by atoms with Crippen molar-refractivity contribution in [2.24, 2.45) is 22.9 Å². The normalized spacial score (nSPS) is 34.4. The quantitative estimate of drug-likeness (QED) is 0.525. The third-order valence-electron chi connectivity index (χ3n) is 4.56. The summed E-state index contributed by atoms with van der Waals surface area (Å²) in [6.45, 7) is 11.0. The molecule has 2 nitrogen and oxygen atoms in total. The largest absolute Gasteiger partial charge is 0.399 e. The molecule has 0 heterocycles. The van der Waals surface area contributed by atoms with Crippen molar-refractivity contribution in [1.82, 2.24) is 0 Å². The number of oxime groups is 1. The predicted octanol–water partition coefficient (Wildman–Crippen LogP) is 4.34. The highest BCUT2D eigenvalue weighted by molar-refractivity contribution is 6.03. The molecule has 0 aliphatic heterocycles. The van der Waals surface area contributed by atoms with Gasteiger partial charge in [-0.25, -0.2) is 0 Å². The molecule has 0 radical (unpaired) electrons. The van der Waals surface area contributed by atoms with Crippen LogP contribution in [0, 0.1) is 17.8 Å². The van der Waals surface area contributed by atoms with Crippen LogP contribution in [0.25, 0.3) is 0 Å². The van der Waals surface area contributed by atoms with Gasteiger partial charge >= 0.3 is 0 Å². The fraction of sp³-hybridized carbons (Fsp3) is 0.688. The summed E-state index contributed by atoms with van der Waals surface area (Å²) in [6, 6.07) is 0. The monoisotopic (exact) mass is 247 g/mol. The van der Waals surface area contributed by atoms with Crippen molar-refractivity contribution in [3.8, 4) is 0 Å². The molecule has 3 atom stereocenters. The number of allylic oxidation sites excluding steroid dienone is 3. The van der Waals surface area contributed by atoms with Crippen LogP contribution in [0.15, 0.2) is 28.5 Å². The van der Waals surface area contributed by atoms with Crippen molar-refractivity contribution < 1.29 is 4.84 Å². The minimum Gasteiger partial charge on any atom is -0.399 e. The summed E-state index contributed by atoms with van der Waals surface area (Å²) in [6.07, 6.45) is 4.73. The van der Waals surface area contributed by atoms with Crippen molar-refractivity contribution >= 4 is 5.71 Å².